The van der Waals surface area contributed by atoms with Gasteiger partial charge in [-0.05, 0) is 25.0 Å². The summed E-state index contributed by atoms with van der Waals surface area (Å²) >= 11 is 0. The average Bonchev–Trinajstić information content (AvgIpc) is 3.10. The van der Waals surface area contributed by atoms with Crippen LogP contribution in [0.5, 0.6) is 0 Å². The summed E-state index contributed by atoms with van der Waals surface area (Å²) in [5.41, 5.74) is -0.639. The zero-order valence-electron chi connectivity index (χ0n) is 18.4. The monoisotopic (exact) mass is 441 g/mol. The van der Waals surface area contributed by atoms with Gasteiger partial charge in [-0.2, -0.15) is 0 Å². The highest BCUT2D eigenvalue weighted by Crippen LogP contribution is 2.11. The molecule has 9 heteroatoms. The van der Waals surface area contributed by atoms with Crippen molar-refractivity contribution in [3.8, 4) is 0 Å². The summed E-state index contributed by atoms with van der Waals surface area (Å²) in [7, 11) is 0. The van der Waals surface area contributed by atoms with Crippen molar-refractivity contribution in [2.24, 2.45) is 0 Å². The maximum absolute atomic E-state index is 12.7. The van der Waals surface area contributed by atoms with Crippen LogP contribution in [0.2, 0.25) is 0 Å². The first-order chi connectivity index (χ1) is 15.5. The maximum Gasteiger partial charge on any atom is 0.273 e. The standard InChI is InChI=1S/C23H31N5O4/c29-20(9-12-28-23(32)19-8-4-3-7-18(19)22(31)24-28)27-15-13-25(14-16-27)17-21(30)26-10-5-1-2-6-11-26/h3-4,7-8H,1-2,5-6,9-17H2,(H,24,31). The topological polar surface area (TPSA) is 98.7 Å². The summed E-state index contributed by atoms with van der Waals surface area (Å²) in [6.45, 7) is 4.71. The summed E-state index contributed by atoms with van der Waals surface area (Å²) in [5, 5.41) is 3.27. The first-order valence-electron chi connectivity index (χ1n) is 11.5. The molecule has 0 radical (unpaired) electrons. The number of nitrogens with zero attached hydrogens (tertiary/aromatic N) is 4. The molecule has 2 aliphatic heterocycles. The number of amides is 2. The first kappa shape index (κ1) is 22.3. The van der Waals surface area contributed by atoms with Gasteiger partial charge in [-0.3, -0.25) is 29.2 Å². The van der Waals surface area contributed by atoms with Crippen molar-refractivity contribution < 1.29 is 9.59 Å². The van der Waals surface area contributed by atoms with E-state index in [9.17, 15) is 19.2 Å². The number of aromatic amines is 1. The van der Waals surface area contributed by atoms with Crippen LogP contribution in [0.1, 0.15) is 32.1 Å². The third-order valence-corrected chi connectivity index (χ3v) is 6.48. The van der Waals surface area contributed by atoms with Crippen LogP contribution >= 0.6 is 0 Å². The SMILES string of the molecule is O=C(CCn1[nH]c(=O)c2ccccc2c1=O)N1CCN(CC(=O)N2CCCCCC2)CC1. The van der Waals surface area contributed by atoms with Crippen LogP contribution in [0.25, 0.3) is 10.8 Å². The molecular weight excluding hydrogens is 410 g/mol. The molecule has 1 aromatic carbocycles. The number of likely N-dealkylation sites (tertiary alicyclic amines) is 1. The second kappa shape index (κ2) is 10.1. The molecule has 32 heavy (non-hydrogen) atoms. The molecule has 0 atom stereocenters. The summed E-state index contributed by atoms with van der Waals surface area (Å²) in [4.78, 5) is 55.9. The van der Waals surface area contributed by atoms with Crippen molar-refractivity contribution in [1.29, 1.82) is 0 Å². The third kappa shape index (κ3) is 5.09. The summed E-state index contributed by atoms with van der Waals surface area (Å²) in [6.07, 6.45) is 4.70. The molecule has 2 aromatic rings. The summed E-state index contributed by atoms with van der Waals surface area (Å²) < 4.78 is 1.22. The van der Waals surface area contributed by atoms with Crippen molar-refractivity contribution in [2.75, 3.05) is 45.8 Å². The number of aryl methyl sites for hydroxylation is 1. The number of hydrogen-bond acceptors (Lipinski definition) is 5. The molecule has 2 amide bonds. The Morgan fingerprint density at radius 2 is 1.41 bits per heavy atom. The number of aromatic nitrogens is 2. The van der Waals surface area contributed by atoms with E-state index in [0.29, 0.717) is 43.5 Å². The van der Waals surface area contributed by atoms with Gasteiger partial charge in [0.1, 0.15) is 0 Å². The second-order valence-electron chi connectivity index (χ2n) is 8.65. The minimum atomic E-state index is -0.338. The molecule has 1 aromatic heterocycles. The third-order valence-electron chi connectivity index (χ3n) is 6.48. The lowest BCUT2D eigenvalue weighted by Gasteiger charge is -2.35. The molecule has 9 nitrogen and oxygen atoms in total. The van der Waals surface area contributed by atoms with Gasteiger partial charge in [-0.25, -0.2) is 4.68 Å². The Hall–Kier alpha value is -2.94. The van der Waals surface area contributed by atoms with Crippen LogP contribution in [0.15, 0.2) is 33.9 Å². The predicted octanol–water partition coefficient (Wildman–Crippen LogP) is 0.627. The minimum Gasteiger partial charge on any atom is -0.342 e. The van der Waals surface area contributed by atoms with E-state index in [2.05, 4.69) is 10.00 Å². The fourth-order valence-electron chi connectivity index (χ4n) is 4.54. The molecule has 0 unspecified atom stereocenters. The maximum atomic E-state index is 12.7. The normalized spacial score (nSPS) is 18.0. The van der Waals surface area contributed by atoms with E-state index in [1.165, 1.54) is 17.5 Å². The van der Waals surface area contributed by atoms with E-state index >= 15 is 0 Å². The van der Waals surface area contributed by atoms with E-state index in [1.807, 2.05) is 4.90 Å². The number of carbonyl (C=O) groups excluding carboxylic acids is 2. The van der Waals surface area contributed by atoms with E-state index < -0.39 is 0 Å². The lowest BCUT2D eigenvalue weighted by Crippen LogP contribution is -2.51. The highest BCUT2D eigenvalue weighted by Gasteiger charge is 2.24. The van der Waals surface area contributed by atoms with Crippen molar-refractivity contribution in [3.05, 3.63) is 45.0 Å². The highest BCUT2D eigenvalue weighted by atomic mass is 16.2. The largest absolute Gasteiger partial charge is 0.342 e. The fourth-order valence-corrected chi connectivity index (χ4v) is 4.54. The molecule has 2 saturated heterocycles. The Morgan fingerprint density at radius 3 is 2.09 bits per heavy atom. The molecule has 3 heterocycles. The van der Waals surface area contributed by atoms with E-state index in [-0.39, 0.29) is 35.9 Å². The molecule has 1 N–H and O–H groups in total. The number of carbonyl (C=O) groups is 2. The van der Waals surface area contributed by atoms with Gasteiger partial charge in [-0.15, -0.1) is 0 Å². The number of H-pyrrole nitrogens is 1. The van der Waals surface area contributed by atoms with Crippen molar-refractivity contribution >= 4 is 22.6 Å². The number of piperazine rings is 1. The van der Waals surface area contributed by atoms with Crippen molar-refractivity contribution in [2.45, 2.75) is 38.6 Å². The average molecular weight is 442 g/mol. The highest BCUT2D eigenvalue weighted by molar-refractivity contribution is 5.80. The number of hydrogen-bond donors (Lipinski definition) is 1. The lowest BCUT2D eigenvalue weighted by atomic mass is 10.2. The minimum absolute atomic E-state index is 0.0515. The molecule has 172 valence electrons. The fraction of sp³-hybridized carbons (Fsp3) is 0.565. The van der Waals surface area contributed by atoms with Gasteiger partial charge >= 0.3 is 0 Å². The quantitative estimate of drug-likeness (QED) is 0.734. The van der Waals surface area contributed by atoms with Crippen molar-refractivity contribution in [1.82, 2.24) is 24.5 Å². The van der Waals surface area contributed by atoms with Gasteiger partial charge < -0.3 is 9.80 Å². The molecule has 4 rings (SSSR count). The molecular formula is C23H31N5O4. The van der Waals surface area contributed by atoms with Crippen LogP contribution in [0, 0.1) is 0 Å². The Labute approximate surface area is 186 Å². The first-order valence-corrected chi connectivity index (χ1v) is 11.5. The molecule has 2 aliphatic rings. The van der Waals surface area contributed by atoms with Crippen LogP contribution in [0.3, 0.4) is 0 Å². The Bertz CT molecular complexity index is 1080. The number of benzene rings is 1. The van der Waals surface area contributed by atoms with Crippen LogP contribution in [0.4, 0.5) is 0 Å². The van der Waals surface area contributed by atoms with Gasteiger partial charge in [0.15, 0.2) is 0 Å². The Kier molecular flexibility index (Phi) is 7.04. The summed E-state index contributed by atoms with van der Waals surface area (Å²) in [5.74, 6) is 0.135. The molecule has 0 spiro atoms. The van der Waals surface area contributed by atoms with E-state index in [1.54, 1.807) is 29.2 Å². The van der Waals surface area contributed by atoms with Crippen LogP contribution < -0.4 is 11.1 Å². The molecule has 0 saturated carbocycles. The van der Waals surface area contributed by atoms with E-state index in [0.717, 1.165) is 25.9 Å². The number of rotatable bonds is 5. The molecule has 0 aliphatic carbocycles. The van der Waals surface area contributed by atoms with Gasteiger partial charge in [0.25, 0.3) is 11.1 Å². The van der Waals surface area contributed by atoms with E-state index in [4.69, 9.17) is 0 Å². The van der Waals surface area contributed by atoms with Gasteiger partial charge in [0.05, 0.1) is 23.9 Å². The Balaban J connectivity index is 1.27. The molecule has 0 bridgehead atoms. The van der Waals surface area contributed by atoms with Gasteiger partial charge in [0, 0.05) is 45.7 Å². The second-order valence-corrected chi connectivity index (χ2v) is 8.65. The van der Waals surface area contributed by atoms with Crippen molar-refractivity contribution in [3.63, 3.8) is 0 Å². The Morgan fingerprint density at radius 1 is 0.781 bits per heavy atom. The predicted molar refractivity (Wildman–Crippen MR) is 122 cm³/mol. The van der Waals surface area contributed by atoms with Crippen LogP contribution in [-0.4, -0.2) is 82.1 Å². The smallest absolute Gasteiger partial charge is 0.273 e. The lowest BCUT2D eigenvalue weighted by molar-refractivity contribution is -0.135. The van der Waals surface area contributed by atoms with Gasteiger partial charge in [-0.1, -0.05) is 25.0 Å². The zero-order valence-corrected chi connectivity index (χ0v) is 18.4. The zero-order chi connectivity index (χ0) is 22.5. The number of fused-ring (bicyclic) bond motifs is 1. The summed E-state index contributed by atoms with van der Waals surface area (Å²) in [6, 6.07) is 6.67. The van der Waals surface area contributed by atoms with Gasteiger partial charge in [0.2, 0.25) is 11.8 Å². The molecule has 2 fully saturated rings. The number of nitrogens with one attached hydrogen (secondary N) is 1. The van der Waals surface area contributed by atoms with Crippen LogP contribution in [-0.2, 0) is 16.1 Å².